The van der Waals surface area contributed by atoms with E-state index in [1.165, 1.54) is 0 Å². The van der Waals surface area contributed by atoms with Crippen molar-refractivity contribution in [1.29, 1.82) is 0 Å². The molecule has 0 bridgehead atoms. The highest BCUT2D eigenvalue weighted by atomic mass is 16.5. The minimum Gasteiger partial charge on any atom is -0.423 e. The van der Waals surface area contributed by atoms with Crippen LogP contribution >= 0.6 is 0 Å². The number of esters is 1. The van der Waals surface area contributed by atoms with Crippen LogP contribution in [0.3, 0.4) is 0 Å². The zero-order valence-electron chi connectivity index (χ0n) is 18.1. The van der Waals surface area contributed by atoms with Gasteiger partial charge in [0.2, 0.25) is 5.91 Å². The Kier molecular flexibility index (Phi) is 7.23. The third kappa shape index (κ3) is 5.95. The number of carbonyl (C=O) groups excluding carboxylic acids is 2. The number of nitrogens with zero attached hydrogens (tertiary/aromatic N) is 2. The fourth-order valence-corrected chi connectivity index (χ4v) is 3.22. The van der Waals surface area contributed by atoms with Gasteiger partial charge >= 0.3 is 5.97 Å². The number of guanidine groups is 1. The molecular formula is C25H26N4O3. The van der Waals surface area contributed by atoms with Crippen molar-refractivity contribution in [2.24, 2.45) is 16.5 Å². The molecule has 3 aromatic carbocycles. The van der Waals surface area contributed by atoms with Gasteiger partial charge in [-0.1, -0.05) is 42.5 Å². The predicted molar refractivity (Wildman–Crippen MR) is 125 cm³/mol. The van der Waals surface area contributed by atoms with Gasteiger partial charge in [-0.05, 0) is 54.4 Å². The van der Waals surface area contributed by atoms with Gasteiger partial charge in [0, 0.05) is 13.6 Å². The number of hydrogen-bond donors (Lipinski definition) is 2. The van der Waals surface area contributed by atoms with Gasteiger partial charge in [0.15, 0.2) is 5.96 Å². The normalized spacial score (nSPS) is 11.3. The average molecular weight is 431 g/mol. The van der Waals surface area contributed by atoms with Crippen LogP contribution in [0.2, 0.25) is 0 Å². The molecule has 0 aliphatic carbocycles. The van der Waals surface area contributed by atoms with Crippen molar-refractivity contribution in [3.05, 3.63) is 95.6 Å². The number of carbonyl (C=O) groups is 2. The molecule has 0 aliphatic heterocycles. The Balaban J connectivity index is 1.60. The van der Waals surface area contributed by atoms with Gasteiger partial charge in [-0.2, -0.15) is 0 Å². The van der Waals surface area contributed by atoms with Crippen LogP contribution < -0.4 is 16.2 Å². The third-order valence-electron chi connectivity index (χ3n) is 4.96. The van der Waals surface area contributed by atoms with Crippen LogP contribution in [0.4, 0.5) is 5.69 Å². The quantitative estimate of drug-likeness (QED) is 0.258. The number of rotatable bonds is 7. The molecule has 7 nitrogen and oxygen atoms in total. The van der Waals surface area contributed by atoms with Crippen molar-refractivity contribution < 1.29 is 14.3 Å². The number of benzene rings is 3. The van der Waals surface area contributed by atoms with E-state index in [0.717, 1.165) is 11.1 Å². The van der Waals surface area contributed by atoms with Gasteiger partial charge in [0.05, 0.1) is 17.2 Å². The summed E-state index contributed by atoms with van der Waals surface area (Å²) in [5.41, 5.74) is 13.5. The highest BCUT2D eigenvalue weighted by Gasteiger charge is 2.20. The molecule has 1 atom stereocenters. The van der Waals surface area contributed by atoms with Crippen molar-refractivity contribution in [1.82, 2.24) is 4.90 Å². The topological polar surface area (TPSA) is 111 Å². The molecule has 0 saturated carbocycles. The highest BCUT2D eigenvalue weighted by Crippen LogP contribution is 2.23. The maximum Gasteiger partial charge on any atom is 0.343 e. The summed E-state index contributed by atoms with van der Waals surface area (Å²) in [5.74, 6) is -0.472. The fourth-order valence-electron chi connectivity index (χ4n) is 3.22. The van der Waals surface area contributed by atoms with Crippen LogP contribution in [0.25, 0.3) is 0 Å². The Morgan fingerprint density at radius 1 is 0.938 bits per heavy atom. The number of hydrogen-bond acceptors (Lipinski definition) is 4. The molecular weight excluding hydrogens is 404 g/mol. The summed E-state index contributed by atoms with van der Waals surface area (Å²) in [6.07, 6.45) is 0. The SMILES string of the molecule is CC(C(=O)N(C)Cc1ccccc1)c1ccc(OC(=O)c2ccc(N=C(N)N)cc2)cc1. The molecule has 7 heteroatoms. The maximum absolute atomic E-state index is 12.8. The Morgan fingerprint density at radius 3 is 2.16 bits per heavy atom. The molecule has 3 rings (SSSR count). The van der Waals surface area contributed by atoms with E-state index in [1.807, 2.05) is 37.3 Å². The van der Waals surface area contributed by atoms with Crippen molar-refractivity contribution in [3.8, 4) is 5.75 Å². The second-order valence-corrected chi connectivity index (χ2v) is 7.44. The molecule has 0 fully saturated rings. The molecule has 164 valence electrons. The Morgan fingerprint density at radius 2 is 1.56 bits per heavy atom. The summed E-state index contributed by atoms with van der Waals surface area (Å²) < 4.78 is 5.42. The van der Waals surface area contributed by atoms with Crippen molar-refractivity contribution in [3.63, 3.8) is 0 Å². The van der Waals surface area contributed by atoms with E-state index >= 15 is 0 Å². The van der Waals surface area contributed by atoms with Crippen LogP contribution in [0.5, 0.6) is 5.75 Å². The lowest BCUT2D eigenvalue weighted by molar-refractivity contribution is -0.131. The molecule has 0 heterocycles. The standard InChI is InChI=1S/C25H26N4O3/c1-17(23(30)29(2)16-18-6-4-3-5-7-18)19-10-14-22(15-11-19)32-24(31)20-8-12-21(13-9-20)28-25(26)27/h3-15,17H,16H2,1-2H3,(H4,26,27,28). The monoisotopic (exact) mass is 430 g/mol. The first-order chi connectivity index (χ1) is 15.3. The highest BCUT2D eigenvalue weighted by molar-refractivity contribution is 5.91. The summed E-state index contributed by atoms with van der Waals surface area (Å²) in [7, 11) is 1.79. The molecule has 0 aromatic heterocycles. The number of amides is 1. The van der Waals surface area contributed by atoms with E-state index in [0.29, 0.717) is 23.5 Å². The van der Waals surface area contributed by atoms with Gasteiger partial charge < -0.3 is 21.1 Å². The second-order valence-electron chi connectivity index (χ2n) is 7.44. The summed E-state index contributed by atoms with van der Waals surface area (Å²) >= 11 is 0. The van der Waals surface area contributed by atoms with E-state index < -0.39 is 5.97 Å². The number of nitrogens with two attached hydrogens (primary N) is 2. The Bertz CT molecular complexity index is 1090. The van der Waals surface area contributed by atoms with Gasteiger partial charge in [0.1, 0.15) is 5.75 Å². The molecule has 3 aromatic rings. The van der Waals surface area contributed by atoms with Gasteiger partial charge in [-0.15, -0.1) is 0 Å². The number of aliphatic imine (C=N–C) groups is 1. The molecule has 0 radical (unpaired) electrons. The third-order valence-corrected chi connectivity index (χ3v) is 4.96. The average Bonchev–Trinajstić information content (AvgIpc) is 2.79. The summed E-state index contributed by atoms with van der Waals surface area (Å²) in [4.78, 5) is 30.8. The van der Waals surface area contributed by atoms with Crippen LogP contribution in [0.15, 0.2) is 83.9 Å². The first-order valence-corrected chi connectivity index (χ1v) is 10.1. The molecule has 0 saturated heterocycles. The van der Waals surface area contributed by atoms with Crippen molar-refractivity contribution >= 4 is 23.5 Å². The Labute approximate surface area is 187 Å². The predicted octanol–water partition coefficient (Wildman–Crippen LogP) is 3.57. The van der Waals surface area contributed by atoms with E-state index in [-0.39, 0.29) is 17.8 Å². The van der Waals surface area contributed by atoms with E-state index in [9.17, 15) is 9.59 Å². The van der Waals surface area contributed by atoms with Gasteiger partial charge in [-0.25, -0.2) is 9.79 Å². The summed E-state index contributed by atoms with van der Waals surface area (Å²) in [5, 5.41) is 0. The summed E-state index contributed by atoms with van der Waals surface area (Å²) in [6, 6.07) is 23.2. The van der Waals surface area contributed by atoms with Crippen LogP contribution in [-0.2, 0) is 11.3 Å². The zero-order valence-corrected chi connectivity index (χ0v) is 18.1. The van der Waals surface area contributed by atoms with Gasteiger partial charge in [0.25, 0.3) is 0 Å². The first kappa shape index (κ1) is 22.6. The molecule has 4 N–H and O–H groups in total. The van der Waals surface area contributed by atoms with E-state index in [4.69, 9.17) is 16.2 Å². The minimum atomic E-state index is -0.499. The molecule has 0 aliphatic rings. The zero-order chi connectivity index (χ0) is 23.1. The van der Waals surface area contributed by atoms with Crippen LogP contribution in [-0.4, -0.2) is 29.8 Å². The second kappa shape index (κ2) is 10.3. The largest absolute Gasteiger partial charge is 0.423 e. The number of likely N-dealkylation sites (N-methyl/N-ethyl adjacent to an activating group) is 1. The summed E-state index contributed by atoms with van der Waals surface area (Å²) in [6.45, 7) is 2.41. The van der Waals surface area contributed by atoms with Crippen LogP contribution in [0, 0.1) is 0 Å². The lowest BCUT2D eigenvalue weighted by atomic mass is 9.99. The minimum absolute atomic E-state index is 0.0134. The van der Waals surface area contributed by atoms with E-state index in [1.54, 1.807) is 60.5 Å². The van der Waals surface area contributed by atoms with Crippen molar-refractivity contribution in [2.45, 2.75) is 19.4 Å². The Hall–Kier alpha value is -4.13. The smallest absolute Gasteiger partial charge is 0.343 e. The number of ether oxygens (including phenoxy) is 1. The van der Waals surface area contributed by atoms with E-state index in [2.05, 4.69) is 4.99 Å². The molecule has 1 unspecified atom stereocenters. The lowest BCUT2D eigenvalue weighted by Crippen LogP contribution is -2.30. The van der Waals surface area contributed by atoms with Crippen molar-refractivity contribution in [2.75, 3.05) is 7.05 Å². The lowest BCUT2D eigenvalue weighted by Gasteiger charge is -2.22. The van der Waals surface area contributed by atoms with Gasteiger partial charge in [-0.3, -0.25) is 4.79 Å². The first-order valence-electron chi connectivity index (χ1n) is 10.1. The molecule has 1 amide bonds. The molecule has 32 heavy (non-hydrogen) atoms. The maximum atomic E-state index is 12.8. The molecule has 0 spiro atoms. The fraction of sp³-hybridized carbons (Fsp3) is 0.160. The van der Waals surface area contributed by atoms with Crippen LogP contribution in [0.1, 0.15) is 34.3 Å².